The average Bonchev–Trinajstić information content (AvgIpc) is 2.94. The van der Waals surface area contributed by atoms with E-state index in [1.165, 1.54) is 46.6 Å². The first-order valence-electron chi connectivity index (χ1n) is 11.7. The number of rotatable bonds is 8. The zero-order valence-electron chi connectivity index (χ0n) is 21.8. The number of carbonyl (C=O) groups excluding carboxylic acids is 1. The Bertz CT molecular complexity index is 1670. The quantitative estimate of drug-likeness (QED) is 0.157. The number of benzene rings is 3. The van der Waals surface area contributed by atoms with Crippen LogP contribution in [0.15, 0.2) is 45.6 Å². The third-order valence-corrected chi connectivity index (χ3v) is 6.43. The highest BCUT2D eigenvalue weighted by atomic mass is 16.5. The fraction of sp³-hybridized carbons (Fsp3) is 0.214. The van der Waals surface area contributed by atoms with E-state index >= 15 is 0 Å². The van der Waals surface area contributed by atoms with Crippen molar-refractivity contribution in [2.75, 3.05) is 28.4 Å². The molecular weight excluding hydrogens is 528 g/mol. The van der Waals surface area contributed by atoms with Gasteiger partial charge in [-0.3, -0.25) is 9.59 Å². The number of fused-ring (bicyclic) bond motifs is 1. The third-order valence-electron chi connectivity index (χ3n) is 6.43. The lowest BCUT2D eigenvalue weighted by Gasteiger charge is -2.23. The van der Waals surface area contributed by atoms with Gasteiger partial charge in [-0.1, -0.05) is 0 Å². The number of hydrogen-bond acceptors (Lipinski definition) is 12. The van der Waals surface area contributed by atoms with Crippen molar-refractivity contribution in [3.63, 3.8) is 0 Å². The van der Waals surface area contributed by atoms with Crippen LogP contribution in [-0.4, -0.2) is 59.9 Å². The largest absolute Gasteiger partial charge is 0.507 e. The molecule has 0 aliphatic carbocycles. The Kier molecular flexibility index (Phi) is 7.53. The molecule has 0 spiro atoms. The number of hydrogen-bond donors (Lipinski definition) is 5. The summed E-state index contributed by atoms with van der Waals surface area (Å²) in [6.45, 7) is 0. The standard InChI is InChI=1S/C28H26O12/c1-36-19-11-21(38-3)20(37-2)8-13(19)14(9-22(33)39-4)23-17(31)10-18(32)24-25(34)26(35)27(40-28(23)24)12-5-6-15(29)16(30)7-12/h5-8,10-11,14,29-32,35H,9H2,1-4H3/t14-/m0/s1. The lowest BCUT2D eigenvalue weighted by Crippen LogP contribution is -2.14. The van der Waals surface area contributed by atoms with Crippen LogP contribution in [0.5, 0.6) is 46.0 Å². The van der Waals surface area contributed by atoms with E-state index in [0.717, 1.165) is 18.2 Å². The van der Waals surface area contributed by atoms with Crippen molar-refractivity contribution in [3.8, 4) is 57.3 Å². The van der Waals surface area contributed by atoms with Gasteiger partial charge in [-0.15, -0.1) is 0 Å². The molecule has 210 valence electrons. The fourth-order valence-electron chi connectivity index (χ4n) is 4.48. The molecule has 12 heteroatoms. The van der Waals surface area contributed by atoms with Crippen LogP contribution < -0.4 is 19.6 Å². The number of methoxy groups -OCH3 is 4. The Morgan fingerprint density at radius 2 is 1.45 bits per heavy atom. The Balaban J connectivity index is 2.13. The van der Waals surface area contributed by atoms with Gasteiger partial charge in [-0.25, -0.2) is 0 Å². The topological polar surface area (TPSA) is 185 Å². The molecule has 0 saturated heterocycles. The highest BCUT2D eigenvalue weighted by Crippen LogP contribution is 2.48. The van der Waals surface area contributed by atoms with E-state index < -0.39 is 63.6 Å². The summed E-state index contributed by atoms with van der Waals surface area (Å²) in [5.74, 6) is -4.63. The summed E-state index contributed by atoms with van der Waals surface area (Å²) in [6, 6.07) is 7.34. The Labute approximate surface area is 226 Å². The Morgan fingerprint density at radius 1 is 0.800 bits per heavy atom. The van der Waals surface area contributed by atoms with E-state index in [9.17, 15) is 35.1 Å². The lowest BCUT2D eigenvalue weighted by molar-refractivity contribution is -0.140. The fourth-order valence-corrected chi connectivity index (χ4v) is 4.48. The second kappa shape index (κ2) is 10.8. The highest BCUT2D eigenvalue weighted by Gasteiger charge is 2.32. The molecule has 5 N–H and O–H groups in total. The zero-order valence-corrected chi connectivity index (χ0v) is 21.8. The highest BCUT2D eigenvalue weighted by molar-refractivity contribution is 5.92. The summed E-state index contributed by atoms with van der Waals surface area (Å²) < 4.78 is 27.1. The van der Waals surface area contributed by atoms with Gasteiger partial charge in [0.05, 0.1) is 34.9 Å². The molecule has 0 unspecified atom stereocenters. The van der Waals surface area contributed by atoms with E-state index in [0.29, 0.717) is 11.3 Å². The van der Waals surface area contributed by atoms with Crippen molar-refractivity contribution in [3.05, 3.63) is 57.7 Å². The molecule has 12 nitrogen and oxygen atoms in total. The van der Waals surface area contributed by atoms with Gasteiger partial charge in [0.1, 0.15) is 28.2 Å². The molecule has 4 aromatic rings. The second-order valence-electron chi connectivity index (χ2n) is 8.63. The van der Waals surface area contributed by atoms with Gasteiger partial charge in [-0.2, -0.15) is 0 Å². The summed E-state index contributed by atoms with van der Waals surface area (Å²) in [4.78, 5) is 25.9. The SMILES string of the molecule is COC(=O)C[C@@H](c1cc(OC)c(OC)cc1OC)c1c(O)cc(O)c2c(=O)c(O)c(-c3ccc(O)c(O)c3)oc12. The first-order valence-corrected chi connectivity index (χ1v) is 11.7. The van der Waals surface area contributed by atoms with E-state index in [-0.39, 0.29) is 28.2 Å². The molecule has 1 aromatic heterocycles. The number of phenolic OH excluding ortho intramolecular Hbond substituents is 4. The maximum absolute atomic E-state index is 13.3. The first-order chi connectivity index (χ1) is 19.1. The molecule has 0 aliphatic rings. The van der Waals surface area contributed by atoms with Crippen LogP contribution in [0.1, 0.15) is 23.5 Å². The van der Waals surface area contributed by atoms with Crippen molar-refractivity contribution in [1.29, 1.82) is 0 Å². The van der Waals surface area contributed by atoms with Gasteiger partial charge >= 0.3 is 5.97 Å². The van der Waals surface area contributed by atoms with Gasteiger partial charge in [-0.05, 0) is 24.3 Å². The Morgan fingerprint density at radius 3 is 2.05 bits per heavy atom. The summed E-state index contributed by atoms with van der Waals surface area (Å²) in [5.41, 5.74) is -1.25. The van der Waals surface area contributed by atoms with Crippen molar-refractivity contribution >= 4 is 16.9 Å². The van der Waals surface area contributed by atoms with Gasteiger partial charge < -0.3 is 48.9 Å². The molecule has 0 aliphatic heterocycles. The van der Waals surface area contributed by atoms with Crippen molar-refractivity contribution < 1.29 is 53.7 Å². The van der Waals surface area contributed by atoms with Crippen LogP contribution in [-0.2, 0) is 9.53 Å². The number of esters is 1. The lowest BCUT2D eigenvalue weighted by atomic mass is 9.85. The van der Waals surface area contributed by atoms with Crippen LogP contribution >= 0.6 is 0 Å². The smallest absolute Gasteiger partial charge is 0.306 e. The Hall–Kier alpha value is -5.26. The van der Waals surface area contributed by atoms with Crippen LogP contribution in [0, 0.1) is 0 Å². The molecule has 1 heterocycles. The van der Waals surface area contributed by atoms with Gasteiger partial charge in [0.2, 0.25) is 11.2 Å². The summed E-state index contributed by atoms with van der Waals surface area (Å²) in [6.07, 6.45) is -0.393. The molecule has 0 fully saturated rings. The van der Waals surface area contributed by atoms with Crippen LogP contribution in [0.25, 0.3) is 22.3 Å². The number of aromatic hydroxyl groups is 5. The van der Waals surface area contributed by atoms with Gasteiger partial charge in [0, 0.05) is 34.7 Å². The number of ether oxygens (including phenoxy) is 4. The first kappa shape index (κ1) is 27.8. The van der Waals surface area contributed by atoms with Crippen molar-refractivity contribution in [2.45, 2.75) is 12.3 Å². The molecule has 4 rings (SSSR count). The molecule has 1 atom stereocenters. The van der Waals surface area contributed by atoms with E-state index in [1.807, 2.05) is 0 Å². The van der Waals surface area contributed by atoms with E-state index in [2.05, 4.69) is 0 Å². The van der Waals surface area contributed by atoms with E-state index in [4.69, 9.17) is 23.4 Å². The molecule has 40 heavy (non-hydrogen) atoms. The van der Waals surface area contributed by atoms with Crippen LogP contribution in [0.3, 0.4) is 0 Å². The predicted octanol–water partition coefficient (Wildman–Crippen LogP) is 3.71. The van der Waals surface area contributed by atoms with Gasteiger partial charge in [0.15, 0.2) is 28.8 Å². The summed E-state index contributed by atoms with van der Waals surface area (Å²) in [5, 5.41) is 51.6. The van der Waals surface area contributed by atoms with E-state index in [1.54, 1.807) is 0 Å². The molecule has 0 amide bonds. The maximum Gasteiger partial charge on any atom is 0.306 e. The predicted molar refractivity (Wildman–Crippen MR) is 141 cm³/mol. The minimum atomic E-state index is -1.11. The van der Waals surface area contributed by atoms with Crippen molar-refractivity contribution in [1.82, 2.24) is 0 Å². The molecule has 3 aromatic carbocycles. The molecule has 0 radical (unpaired) electrons. The summed E-state index contributed by atoms with van der Waals surface area (Å²) in [7, 11) is 5.37. The average molecular weight is 555 g/mol. The normalized spacial score (nSPS) is 11.7. The third kappa shape index (κ3) is 4.70. The number of phenols is 4. The van der Waals surface area contributed by atoms with Crippen molar-refractivity contribution in [2.24, 2.45) is 0 Å². The minimum Gasteiger partial charge on any atom is -0.507 e. The maximum atomic E-state index is 13.3. The van der Waals surface area contributed by atoms with Gasteiger partial charge in [0.25, 0.3) is 0 Å². The summed E-state index contributed by atoms with van der Waals surface area (Å²) >= 11 is 0. The molecule has 0 saturated carbocycles. The number of carbonyl (C=O) groups is 1. The van der Waals surface area contributed by atoms with Crippen LogP contribution in [0.4, 0.5) is 0 Å². The second-order valence-corrected chi connectivity index (χ2v) is 8.63. The molecular formula is C28H26O12. The van der Waals surface area contributed by atoms with Crippen LogP contribution in [0.2, 0.25) is 0 Å². The zero-order chi connectivity index (χ0) is 29.3. The monoisotopic (exact) mass is 554 g/mol. The minimum absolute atomic E-state index is 0.00574. The molecule has 0 bridgehead atoms.